The number of aryl methyl sites for hydroxylation is 3. The fraction of sp³-hybridized carbons (Fsp3) is 0.500. The molecule has 2 heterocycles. The van der Waals surface area contributed by atoms with Gasteiger partial charge in [-0.2, -0.15) is 5.10 Å². The van der Waals surface area contributed by atoms with Gasteiger partial charge in [0.25, 0.3) is 10.0 Å². The Hall–Kier alpha value is -1.71. The molecule has 0 aliphatic carbocycles. The number of nitrogens with two attached hydrogens (primary N) is 1. The molecule has 0 saturated carbocycles. The number of sulfonamides is 1. The molecule has 0 aromatic carbocycles. The van der Waals surface area contributed by atoms with E-state index >= 15 is 0 Å². The minimum atomic E-state index is -3.78. The zero-order chi connectivity index (χ0) is 15.8. The molecular formula is C12H19N5O3S. The molecule has 1 unspecified atom stereocenters. The van der Waals surface area contributed by atoms with Crippen LogP contribution in [-0.4, -0.2) is 23.8 Å². The van der Waals surface area contributed by atoms with Crippen LogP contribution in [0.2, 0.25) is 0 Å². The van der Waals surface area contributed by atoms with Crippen LogP contribution in [0.1, 0.15) is 41.2 Å². The van der Waals surface area contributed by atoms with Crippen molar-refractivity contribution in [3.8, 4) is 0 Å². The van der Waals surface area contributed by atoms with E-state index in [1.54, 1.807) is 27.7 Å². The van der Waals surface area contributed by atoms with E-state index in [0.29, 0.717) is 22.7 Å². The van der Waals surface area contributed by atoms with Crippen LogP contribution < -0.4 is 10.5 Å². The molecule has 0 aliphatic heterocycles. The molecule has 0 saturated heterocycles. The molecule has 116 valence electrons. The maximum Gasteiger partial charge on any atom is 0.260 e. The Bertz CT molecular complexity index is 728. The lowest BCUT2D eigenvalue weighted by atomic mass is 10.1. The van der Waals surface area contributed by atoms with E-state index in [4.69, 9.17) is 10.3 Å². The summed E-state index contributed by atoms with van der Waals surface area (Å²) < 4.78 is 32.5. The number of nitrogens with zero attached hydrogens (tertiary/aromatic N) is 2. The molecule has 8 nitrogen and oxygen atoms in total. The second-order valence-corrected chi connectivity index (χ2v) is 6.55. The van der Waals surface area contributed by atoms with Crippen LogP contribution in [0.25, 0.3) is 0 Å². The lowest BCUT2D eigenvalue weighted by molar-refractivity contribution is 0.391. The fourth-order valence-corrected chi connectivity index (χ4v) is 3.77. The maximum atomic E-state index is 12.5. The predicted octanol–water partition coefficient (Wildman–Crippen LogP) is 0.821. The summed E-state index contributed by atoms with van der Waals surface area (Å²) in [7, 11) is -3.78. The quantitative estimate of drug-likeness (QED) is 0.750. The first kappa shape index (κ1) is 15.7. The number of H-pyrrole nitrogens is 1. The molecular weight excluding hydrogens is 294 g/mol. The Labute approximate surface area is 123 Å². The average molecular weight is 313 g/mol. The SMILES string of the molecule is Cc1noc(C)c1C(C)NS(=O)(=O)c1n[nH]c(C)c1CN. The highest BCUT2D eigenvalue weighted by atomic mass is 32.2. The number of aromatic nitrogens is 3. The molecule has 21 heavy (non-hydrogen) atoms. The van der Waals surface area contributed by atoms with Crippen molar-refractivity contribution in [2.75, 3.05) is 0 Å². The molecule has 0 fully saturated rings. The molecule has 9 heteroatoms. The second-order valence-electron chi connectivity index (χ2n) is 4.92. The van der Waals surface area contributed by atoms with Crippen molar-refractivity contribution in [1.82, 2.24) is 20.1 Å². The van der Waals surface area contributed by atoms with Crippen molar-refractivity contribution in [2.24, 2.45) is 5.73 Å². The van der Waals surface area contributed by atoms with Crippen LogP contribution in [0.5, 0.6) is 0 Å². The molecule has 0 aliphatic rings. The monoisotopic (exact) mass is 313 g/mol. The summed E-state index contributed by atoms with van der Waals surface area (Å²) in [6.45, 7) is 7.06. The Morgan fingerprint density at radius 2 is 2.05 bits per heavy atom. The molecule has 0 amide bonds. The van der Waals surface area contributed by atoms with Gasteiger partial charge in [-0.3, -0.25) is 5.10 Å². The van der Waals surface area contributed by atoms with Gasteiger partial charge in [-0.1, -0.05) is 5.16 Å². The smallest absolute Gasteiger partial charge is 0.260 e. The third-order valence-corrected chi connectivity index (χ3v) is 4.86. The van der Waals surface area contributed by atoms with Crippen molar-refractivity contribution in [3.63, 3.8) is 0 Å². The van der Waals surface area contributed by atoms with Gasteiger partial charge in [0.1, 0.15) is 5.76 Å². The number of aromatic amines is 1. The van der Waals surface area contributed by atoms with Crippen molar-refractivity contribution in [2.45, 2.75) is 45.3 Å². The van der Waals surface area contributed by atoms with Gasteiger partial charge < -0.3 is 10.3 Å². The predicted molar refractivity (Wildman–Crippen MR) is 75.9 cm³/mol. The van der Waals surface area contributed by atoms with Gasteiger partial charge in [-0.15, -0.1) is 0 Å². The van der Waals surface area contributed by atoms with Crippen molar-refractivity contribution in [3.05, 3.63) is 28.3 Å². The fourth-order valence-electron chi connectivity index (χ4n) is 2.35. The van der Waals surface area contributed by atoms with Gasteiger partial charge in [0.2, 0.25) is 0 Å². The van der Waals surface area contributed by atoms with Crippen LogP contribution in [-0.2, 0) is 16.6 Å². The Balaban J connectivity index is 2.33. The van der Waals surface area contributed by atoms with E-state index in [2.05, 4.69) is 20.1 Å². The van der Waals surface area contributed by atoms with E-state index < -0.39 is 16.1 Å². The zero-order valence-corrected chi connectivity index (χ0v) is 13.2. The largest absolute Gasteiger partial charge is 0.361 e. The Morgan fingerprint density at radius 1 is 1.38 bits per heavy atom. The molecule has 1 atom stereocenters. The van der Waals surface area contributed by atoms with Crippen LogP contribution in [0.3, 0.4) is 0 Å². The normalized spacial score (nSPS) is 13.6. The standard InChI is InChI=1S/C12H19N5O3S/c1-6-10(5-13)12(15-14-6)21(18,19)17-8(3)11-7(2)16-20-9(11)4/h8,17H,5,13H2,1-4H3,(H,14,15). The summed E-state index contributed by atoms with van der Waals surface area (Å²) in [6.07, 6.45) is 0. The molecule has 0 radical (unpaired) electrons. The highest BCUT2D eigenvalue weighted by Crippen LogP contribution is 2.24. The summed E-state index contributed by atoms with van der Waals surface area (Å²) in [5.74, 6) is 0.583. The number of hydrogen-bond donors (Lipinski definition) is 3. The molecule has 0 spiro atoms. The summed E-state index contributed by atoms with van der Waals surface area (Å²) >= 11 is 0. The number of nitrogens with one attached hydrogen (secondary N) is 2. The van der Waals surface area contributed by atoms with Crippen molar-refractivity contribution < 1.29 is 12.9 Å². The summed E-state index contributed by atoms with van der Waals surface area (Å²) in [6, 6.07) is -0.483. The minimum absolute atomic E-state index is 0.0684. The van der Waals surface area contributed by atoms with E-state index in [1.165, 1.54) is 0 Å². The van der Waals surface area contributed by atoms with Crippen LogP contribution >= 0.6 is 0 Å². The third kappa shape index (κ3) is 2.85. The van der Waals surface area contributed by atoms with E-state index in [9.17, 15) is 8.42 Å². The minimum Gasteiger partial charge on any atom is -0.361 e. The summed E-state index contributed by atoms with van der Waals surface area (Å²) in [4.78, 5) is 0. The maximum absolute atomic E-state index is 12.5. The molecule has 2 aromatic rings. The molecule has 0 bridgehead atoms. The summed E-state index contributed by atoms with van der Waals surface area (Å²) in [5, 5.41) is 10.2. The van der Waals surface area contributed by atoms with Crippen LogP contribution in [0.4, 0.5) is 0 Å². The lowest BCUT2D eigenvalue weighted by Gasteiger charge is -2.13. The van der Waals surface area contributed by atoms with Crippen LogP contribution in [0.15, 0.2) is 9.55 Å². The van der Waals surface area contributed by atoms with Crippen LogP contribution in [0, 0.1) is 20.8 Å². The van der Waals surface area contributed by atoms with Crippen molar-refractivity contribution >= 4 is 10.0 Å². The van der Waals surface area contributed by atoms with Gasteiger partial charge in [0.05, 0.1) is 5.69 Å². The molecule has 4 N–H and O–H groups in total. The highest BCUT2D eigenvalue weighted by Gasteiger charge is 2.27. The number of rotatable bonds is 5. The first-order valence-electron chi connectivity index (χ1n) is 6.47. The van der Waals surface area contributed by atoms with Gasteiger partial charge in [-0.05, 0) is 27.7 Å². The molecule has 2 rings (SSSR count). The lowest BCUT2D eigenvalue weighted by Crippen LogP contribution is -2.28. The van der Waals surface area contributed by atoms with E-state index in [0.717, 1.165) is 5.56 Å². The topological polar surface area (TPSA) is 127 Å². The first-order chi connectivity index (χ1) is 9.77. The highest BCUT2D eigenvalue weighted by molar-refractivity contribution is 7.89. The Kier molecular flexibility index (Phi) is 4.17. The van der Waals surface area contributed by atoms with Crippen molar-refractivity contribution in [1.29, 1.82) is 0 Å². The van der Waals surface area contributed by atoms with Gasteiger partial charge in [0, 0.05) is 29.4 Å². The zero-order valence-electron chi connectivity index (χ0n) is 12.4. The average Bonchev–Trinajstić information content (AvgIpc) is 2.92. The second kappa shape index (κ2) is 5.58. The van der Waals surface area contributed by atoms with E-state index in [1.807, 2.05) is 0 Å². The molecule has 2 aromatic heterocycles. The Morgan fingerprint density at radius 3 is 2.57 bits per heavy atom. The number of hydrogen-bond acceptors (Lipinski definition) is 6. The van der Waals surface area contributed by atoms with E-state index in [-0.39, 0.29) is 11.6 Å². The summed E-state index contributed by atoms with van der Waals surface area (Å²) in [5.41, 5.74) is 8.09. The van der Waals surface area contributed by atoms with Gasteiger partial charge >= 0.3 is 0 Å². The van der Waals surface area contributed by atoms with Gasteiger partial charge in [0.15, 0.2) is 5.03 Å². The van der Waals surface area contributed by atoms with Gasteiger partial charge in [-0.25, -0.2) is 13.1 Å². The third-order valence-electron chi connectivity index (χ3n) is 3.35. The first-order valence-corrected chi connectivity index (χ1v) is 7.95.